The molecule has 4 amide bonds. The molecule has 4 aromatic rings. The van der Waals surface area contributed by atoms with Gasteiger partial charge in [0.25, 0.3) is 0 Å². The molecule has 0 saturated carbocycles. The van der Waals surface area contributed by atoms with Gasteiger partial charge in [0.1, 0.15) is 0 Å². The second-order valence-electron chi connectivity index (χ2n) is 13.0. The van der Waals surface area contributed by atoms with Crippen molar-refractivity contribution in [3.8, 4) is 0 Å². The first-order chi connectivity index (χ1) is 27.9. The van der Waals surface area contributed by atoms with Gasteiger partial charge in [0.15, 0.2) is 23.1 Å². The SMILES string of the molecule is C.CNCCC(=O)Nc1cccc2c1C(=O)c1c(NC(=O)CCNC)cccc1C2=O.O=C(CCCl)Nc1cccc2c1C(=O)c1c(NC(=O)CCCl)cccc1C2=O. The van der Waals surface area contributed by atoms with Crippen molar-refractivity contribution >= 4 is 92.7 Å². The van der Waals surface area contributed by atoms with Crippen LogP contribution in [0.2, 0.25) is 0 Å². The highest BCUT2D eigenvalue weighted by Crippen LogP contribution is 2.37. The van der Waals surface area contributed by atoms with E-state index in [1.807, 2.05) is 0 Å². The predicted molar refractivity (Wildman–Crippen MR) is 229 cm³/mol. The average Bonchev–Trinajstić information content (AvgIpc) is 3.20. The Bertz CT molecular complexity index is 2180. The first-order valence-electron chi connectivity index (χ1n) is 18.3. The fraction of sp³-hybridized carbons (Fsp3) is 0.256. The van der Waals surface area contributed by atoms with Gasteiger partial charge in [-0.25, -0.2) is 0 Å². The fourth-order valence-electron chi connectivity index (χ4n) is 6.40. The lowest BCUT2D eigenvalue weighted by atomic mass is 9.82. The van der Waals surface area contributed by atoms with Crippen LogP contribution in [0.25, 0.3) is 0 Å². The van der Waals surface area contributed by atoms with Crippen LogP contribution in [0.1, 0.15) is 96.8 Å². The fourth-order valence-corrected chi connectivity index (χ4v) is 6.74. The minimum absolute atomic E-state index is 0. The Kier molecular flexibility index (Phi) is 16.3. The van der Waals surface area contributed by atoms with Crippen molar-refractivity contribution in [3.05, 3.63) is 117 Å². The molecule has 2 aliphatic carbocycles. The zero-order valence-corrected chi connectivity index (χ0v) is 33.1. The number of halogens is 2. The molecule has 14 nitrogen and oxygen atoms in total. The van der Waals surface area contributed by atoms with Gasteiger partial charge in [-0.3, -0.25) is 38.4 Å². The summed E-state index contributed by atoms with van der Waals surface area (Å²) in [6.07, 6.45) is 0.602. The molecule has 0 fully saturated rings. The Morgan fingerprint density at radius 3 is 0.915 bits per heavy atom. The van der Waals surface area contributed by atoms with Gasteiger partial charge in [0, 0.05) is 72.8 Å². The van der Waals surface area contributed by atoms with Gasteiger partial charge < -0.3 is 31.9 Å². The monoisotopic (exact) mass is 842 g/mol. The van der Waals surface area contributed by atoms with Gasteiger partial charge in [-0.2, -0.15) is 0 Å². The van der Waals surface area contributed by atoms with Crippen LogP contribution >= 0.6 is 23.2 Å². The maximum Gasteiger partial charge on any atom is 0.225 e. The van der Waals surface area contributed by atoms with Crippen LogP contribution in [-0.4, -0.2) is 85.7 Å². The van der Waals surface area contributed by atoms with Crippen molar-refractivity contribution in [1.29, 1.82) is 0 Å². The van der Waals surface area contributed by atoms with Crippen molar-refractivity contribution in [3.63, 3.8) is 0 Å². The van der Waals surface area contributed by atoms with Crippen LogP contribution in [-0.2, 0) is 19.2 Å². The zero-order valence-electron chi connectivity index (χ0n) is 31.6. The predicted octanol–water partition coefficient (Wildman–Crippen LogP) is 5.79. The average molecular weight is 844 g/mol. The van der Waals surface area contributed by atoms with E-state index in [2.05, 4.69) is 31.9 Å². The summed E-state index contributed by atoms with van der Waals surface area (Å²) in [5.41, 5.74) is 2.39. The molecule has 0 aromatic heterocycles. The van der Waals surface area contributed by atoms with Crippen molar-refractivity contribution in [1.82, 2.24) is 10.6 Å². The molecule has 59 heavy (non-hydrogen) atoms. The van der Waals surface area contributed by atoms with Crippen LogP contribution in [0.5, 0.6) is 0 Å². The number of ketones is 4. The summed E-state index contributed by atoms with van der Waals surface area (Å²) in [7, 11) is 3.48. The molecule has 6 N–H and O–H groups in total. The molecule has 16 heteroatoms. The normalized spacial score (nSPS) is 12.0. The molecular weight excluding hydrogens is 799 g/mol. The number of carbonyl (C=O) groups excluding carboxylic acids is 8. The third kappa shape index (κ3) is 10.3. The first-order valence-corrected chi connectivity index (χ1v) is 19.3. The number of carbonyl (C=O) groups is 8. The number of fused-ring (bicyclic) bond motifs is 4. The van der Waals surface area contributed by atoms with Gasteiger partial charge in [-0.15, -0.1) is 23.2 Å². The molecule has 4 aromatic carbocycles. The molecule has 0 unspecified atom stereocenters. The van der Waals surface area contributed by atoms with Crippen LogP contribution in [0, 0.1) is 0 Å². The zero-order chi connectivity index (χ0) is 41.9. The topological polar surface area (TPSA) is 209 Å². The number of hydrogen-bond donors (Lipinski definition) is 6. The van der Waals surface area contributed by atoms with E-state index in [9.17, 15) is 38.4 Å². The van der Waals surface area contributed by atoms with Gasteiger partial charge in [0.05, 0.1) is 45.0 Å². The summed E-state index contributed by atoms with van der Waals surface area (Å²) >= 11 is 11.2. The highest BCUT2D eigenvalue weighted by atomic mass is 35.5. The smallest absolute Gasteiger partial charge is 0.225 e. The van der Waals surface area contributed by atoms with Crippen LogP contribution in [0.4, 0.5) is 22.7 Å². The molecule has 0 aliphatic heterocycles. The summed E-state index contributed by atoms with van der Waals surface area (Å²) < 4.78 is 0. The summed E-state index contributed by atoms with van der Waals surface area (Å²) in [4.78, 5) is 101. The third-order valence-electron chi connectivity index (χ3n) is 9.09. The number of benzene rings is 4. The quantitative estimate of drug-likeness (QED) is 0.0728. The van der Waals surface area contributed by atoms with Crippen LogP contribution < -0.4 is 31.9 Å². The molecule has 6 rings (SSSR count). The lowest BCUT2D eigenvalue weighted by molar-refractivity contribution is -0.116. The number of amides is 4. The minimum Gasteiger partial charge on any atom is -0.325 e. The van der Waals surface area contributed by atoms with E-state index in [-0.39, 0.29) is 147 Å². The lowest BCUT2D eigenvalue weighted by Crippen LogP contribution is -2.27. The third-order valence-corrected chi connectivity index (χ3v) is 9.47. The number of alkyl halides is 2. The number of hydrogen-bond acceptors (Lipinski definition) is 10. The van der Waals surface area contributed by atoms with E-state index in [1.54, 1.807) is 74.8 Å². The number of anilines is 4. The molecule has 0 atom stereocenters. The Labute approximate surface area is 351 Å². The summed E-state index contributed by atoms with van der Waals surface area (Å²) in [6.45, 7) is 0.971. The highest BCUT2D eigenvalue weighted by molar-refractivity contribution is 6.34. The maximum absolute atomic E-state index is 13.4. The largest absolute Gasteiger partial charge is 0.325 e. The first kappa shape index (κ1) is 45.6. The van der Waals surface area contributed by atoms with Gasteiger partial charge in [-0.1, -0.05) is 56.0 Å². The van der Waals surface area contributed by atoms with Crippen molar-refractivity contribution in [2.75, 3.05) is 60.2 Å². The van der Waals surface area contributed by atoms with E-state index >= 15 is 0 Å². The van der Waals surface area contributed by atoms with Crippen LogP contribution in [0.3, 0.4) is 0 Å². The van der Waals surface area contributed by atoms with Crippen molar-refractivity contribution in [2.24, 2.45) is 0 Å². The van der Waals surface area contributed by atoms with Crippen molar-refractivity contribution < 1.29 is 38.4 Å². The lowest BCUT2D eigenvalue weighted by Gasteiger charge is -2.22. The second-order valence-corrected chi connectivity index (χ2v) is 13.8. The van der Waals surface area contributed by atoms with Crippen LogP contribution in [0.15, 0.2) is 72.8 Å². The molecule has 0 saturated heterocycles. The van der Waals surface area contributed by atoms with Gasteiger partial charge in [-0.05, 0) is 38.4 Å². The van der Waals surface area contributed by atoms with E-state index in [0.29, 0.717) is 13.1 Å². The Morgan fingerprint density at radius 1 is 0.424 bits per heavy atom. The molecule has 0 radical (unpaired) electrons. The van der Waals surface area contributed by atoms with E-state index in [0.717, 1.165) is 0 Å². The van der Waals surface area contributed by atoms with E-state index < -0.39 is 11.6 Å². The minimum atomic E-state index is -0.451. The number of rotatable bonds is 14. The molecule has 0 heterocycles. The Balaban J connectivity index is 0.000000257. The van der Waals surface area contributed by atoms with Crippen molar-refractivity contribution in [2.45, 2.75) is 33.1 Å². The Morgan fingerprint density at radius 2 is 0.678 bits per heavy atom. The number of nitrogens with one attached hydrogen (secondary N) is 6. The summed E-state index contributed by atoms with van der Waals surface area (Å²) in [6, 6.07) is 19.0. The molecule has 0 bridgehead atoms. The molecule has 0 spiro atoms. The maximum atomic E-state index is 13.4. The van der Waals surface area contributed by atoms with Gasteiger partial charge >= 0.3 is 0 Å². The van der Waals surface area contributed by atoms with E-state index in [4.69, 9.17) is 23.2 Å². The molecule has 2 aliphatic rings. The highest BCUT2D eigenvalue weighted by Gasteiger charge is 2.35. The molecular formula is C43H44Cl2N6O8. The summed E-state index contributed by atoms with van der Waals surface area (Å²) in [5.74, 6) is -2.53. The van der Waals surface area contributed by atoms with E-state index in [1.165, 1.54) is 12.1 Å². The standard InChI is InChI=1S/C22H24N4O4.C20H16Cl2N2O4.CH4/c1-23-11-9-17(27)25-15-7-3-5-13-19(15)22(30)20-14(21(13)29)6-4-8-16(20)26-18(28)10-12-24-2;21-9-7-15(25)23-13-5-1-3-11-17(13)20(28)18-12(19(11)27)4-2-6-14(18)24-16(26)8-10-22;/h3-8,23-24H,9-12H2,1-2H3,(H,25,27)(H,26,28);1-6H,7-10H2,(H,23,25)(H,24,26);1H4. The molecule has 308 valence electrons. The summed E-state index contributed by atoms with van der Waals surface area (Å²) in [5, 5.41) is 16.5. The Hall–Kier alpha value is -6.06. The van der Waals surface area contributed by atoms with Gasteiger partial charge in [0.2, 0.25) is 23.6 Å². The second kappa shape index (κ2) is 21.1.